The van der Waals surface area contributed by atoms with Crippen LogP contribution in [-0.2, 0) is 27.4 Å². The van der Waals surface area contributed by atoms with Crippen LogP contribution in [0.15, 0.2) is 53.3 Å². The van der Waals surface area contributed by atoms with Gasteiger partial charge in [-0.3, -0.25) is 14.4 Å². The van der Waals surface area contributed by atoms with Crippen molar-refractivity contribution < 1.29 is 39.9 Å². The van der Waals surface area contributed by atoms with Crippen LogP contribution in [0.4, 0.5) is 0 Å². The first-order valence-electron chi connectivity index (χ1n) is 12.0. The molecule has 8 heteroatoms. The number of allylic oxidation sites excluding steroid dienone is 1. The number of ketones is 3. The van der Waals surface area contributed by atoms with Gasteiger partial charge in [-0.2, -0.15) is 0 Å². The molecular weight excluding hydrogens is 476 g/mol. The number of aliphatic hydroxyl groups is 4. The van der Waals surface area contributed by atoms with Gasteiger partial charge in [0.15, 0.2) is 17.2 Å². The van der Waals surface area contributed by atoms with Crippen LogP contribution >= 0.6 is 0 Å². The molecule has 3 aliphatic carbocycles. The normalized spacial score (nSPS) is 29.1. The number of fused-ring (bicyclic) bond motifs is 3. The number of aromatic hydroxyl groups is 1. The van der Waals surface area contributed by atoms with Gasteiger partial charge >= 0.3 is 0 Å². The lowest BCUT2D eigenvalue weighted by atomic mass is 9.47. The number of phenolic OH excluding ortho intramolecular Hbond substituents is 1. The summed E-state index contributed by atoms with van der Waals surface area (Å²) in [7, 11) is 0. The first-order chi connectivity index (χ1) is 17.3. The van der Waals surface area contributed by atoms with Crippen molar-refractivity contribution in [2.45, 2.75) is 52.2 Å². The predicted molar refractivity (Wildman–Crippen MR) is 133 cm³/mol. The van der Waals surface area contributed by atoms with E-state index in [0.29, 0.717) is 11.1 Å². The van der Waals surface area contributed by atoms with Crippen LogP contribution in [0.3, 0.4) is 0 Å². The molecule has 2 aromatic rings. The van der Waals surface area contributed by atoms with Crippen LogP contribution < -0.4 is 0 Å². The molecule has 2 aromatic carbocycles. The summed E-state index contributed by atoms with van der Waals surface area (Å²) in [5, 5.41) is 54.2. The number of benzene rings is 2. The lowest BCUT2D eigenvalue weighted by Gasteiger charge is -2.56. The van der Waals surface area contributed by atoms with E-state index >= 15 is 0 Å². The third kappa shape index (κ3) is 3.19. The summed E-state index contributed by atoms with van der Waals surface area (Å²) in [5.74, 6) is -4.16. The lowest BCUT2D eigenvalue weighted by molar-refractivity contribution is -0.164. The van der Waals surface area contributed by atoms with Gasteiger partial charge in [0.05, 0.1) is 12.2 Å². The molecule has 5 N–H and O–H groups in total. The third-order valence-corrected chi connectivity index (χ3v) is 8.35. The molecule has 0 aliphatic heterocycles. The Bertz CT molecular complexity index is 1460. The van der Waals surface area contributed by atoms with Crippen LogP contribution in [0.25, 0.3) is 16.9 Å². The maximum Gasteiger partial charge on any atom is 0.203 e. The zero-order chi connectivity index (χ0) is 27.1. The van der Waals surface area contributed by atoms with Crippen LogP contribution in [0.1, 0.15) is 50.3 Å². The van der Waals surface area contributed by atoms with Crippen molar-refractivity contribution in [1.29, 1.82) is 0 Å². The number of carbonyl (C=O) groups is 3. The average molecular weight is 505 g/mol. The van der Waals surface area contributed by atoms with Gasteiger partial charge in [0, 0.05) is 22.8 Å². The Labute approximate surface area is 213 Å². The minimum atomic E-state index is -2.59. The van der Waals surface area contributed by atoms with Crippen LogP contribution in [-0.4, -0.2) is 48.5 Å². The van der Waals surface area contributed by atoms with Gasteiger partial charge < -0.3 is 25.5 Å². The Kier molecular flexibility index (Phi) is 5.30. The minimum Gasteiger partial charge on any atom is -0.508 e. The second-order valence-electron chi connectivity index (χ2n) is 11.0. The number of carbonyl (C=O) groups excluding carboxylic acids is 3. The maximum atomic E-state index is 14.0. The number of Topliss-reactive ketones (excluding diaryl/α,β-unsaturated/α-hetero) is 3. The van der Waals surface area contributed by atoms with E-state index < -0.39 is 50.9 Å². The lowest BCUT2D eigenvalue weighted by Crippen LogP contribution is -2.65. The molecule has 192 valence electrons. The molecule has 8 nitrogen and oxygen atoms in total. The van der Waals surface area contributed by atoms with E-state index in [-0.39, 0.29) is 42.8 Å². The highest BCUT2D eigenvalue weighted by atomic mass is 16.3. The van der Waals surface area contributed by atoms with Gasteiger partial charge in [0.1, 0.15) is 22.8 Å². The van der Waals surface area contributed by atoms with Crippen molar-refractivity contribution >= 4 is 23.1 Å². The summed E-state index contributed by atoms with van der Waals surface area (Å²) in [6.45, 7) is 4.24. The van der Waals surface area contributed by atoms with Gasteiger partial charge in [0.25, 0.3) is 0 Å². The molecule has 0 spiro atoms. The highest BCUT2D eigenvalue weighted by Gasteiger charge is 2.68. The second kappa shape index (κ2) is 7.87. The Morgan fingerprint density at radius 2 is 1.62 bits per heavy atom. The van der Waals surface area contributed by atoms with E-state index in [4.69, 9.17) is 0 Å². The Morgan fingerprint density at radius 3 is 2.22 bits per heavy atom. The summed E-state index contributed by atoms with van der Waals surface area (Å²) >= 11 is 0. The fourth-order valence-electron chi connectivity index (χ4n) is 6.71. The van der Waals surface area contributed by atoms with E-state index in [9.17, 15) is 39.9 Å². The Balaban J connectivity index is 1.76. The van der Waals surface area contributed by atoms with E-state index in [1.807, 2.05) is 12.1 Å². The molecule has 5 rings (SSSR count). The number of rotatable bonds is 3. The quantitative estimate of drug-likeness (QED) is 0.399. The number of hydrogen-bond acceptors (Lipinski definition) is 8. The molecule has 3 atom stereocenters. The topological polar surface area (TPSA) is 152 Å². The SMILES string of the molecule is CC(=O)C1=C(O)[C@@]2(O)C(=O)C3=C(O)c4c(O)ccc(-c5ccc(CO)cc5)c4C[C@@]3(C)C[C@@]2(C)CC1=O. The van der Waals surface area contributed by atoms with Gasteiger partial charge in [-0.1, -0.05) is 44.2 Å². The maximum absolute atomic E-state index is 14.0. The van der Waals surface area contributed by atoms with Crippen molar-refractivity contribution in [3.8, 4) is 16.9 Å². The van der Waals surface area contributed by atoms with Gasteiger partial charge in [-0.05, 0) is 48.1 Å². The standard InChI is InChI=1S/C29H28O8/c1-14(31)21-20(33)11-28(3)13-27(2)10-18-17(16-6-4-15(12-30)5-7-16)8-9-19(32)22(18)24(34)23(27)26(36)29(28,37)25(21)35/h4-9,30,32,34-35,37H,10-13H2,1-3H3/t27-,28+,29+/m0/s1. The van der Waals surface area contributed by atoms with Crippen molar-refractivity contribution in [2.24, 2.45) is 10.8 Å². The van der Waals surface area contributed by atoms with Crippen LogP contribution in [0.5, 0.6) is 5.75 Å². The summed E-state index contributed by atoms with van der Waals surface area (Å²) in [6, 6.07) is 10.3. The second-order valence-corrected chi connectivity index (χ2v) is 11.0. The van der Waals surface area contributed by atoms with Crippen molar-refractivity contribution in [2.75, 3.05) is 0 Å². The van der Waals surface area contributed by atoms with Crippen molar-refractivity contribution in [3.05, 3.63) is 70.0 Å². The van der Waals surface area contributed by atoms with Crippen LogP contribution in [0.2, 0.25) is 0 Å². The molecule has 0 amide bonds. The third-order valence-electron chi connectivity index (χ3n) is 8.35. The summed E-state index contributed by atoms with van der Waals surface area (Å²) in [6.07, 6.45) is -0.0936. The summed E-state index contributed by atoms with van der Waals surface area (Å²) < 4.78 is 0. The highest BCUT2D eigenvalue weighted by Crippen LogP contribution is 2.62. The fraction of sp³-hybridized carbons (Fsp3) is 0.345. The highest BCUT2D eigenvalue weighted by molar-refractivity contribution is 6.23. The molecule has 0 heterocycles. The number of phenols is 1. The molecule has 0 radical (unpaired) electrons. The summed E-state index contributed by atoms with van der Waals surface area (Å²) in [4.78, 5) is 38.9. The van der Waals surface area contributed by atoms with E-state index in [0.717, 1.165) is 18.1 Å². The smallest absolute Gasteiger partial charge is 0.203 e. The van der Waals surface area contributed by atoms with Crippen molar-refractivity contribution in [1.82, 2.24) is 0 Å². The molecule has 37 heavy (non-hydrogen) atoms. The van der Waals surface area contributed by atoms with Crippen molar-refractivity contribution in [3.63, 3.8) is 0 Å². The Morgan fingerprint density at radius 1 is 0.973 bits per heavy atom. The van der Waals surface area contributed by atoms with E-state index in [1.165, 1.54) is 13.0 Å². The summed E-state index contributed by atoms with van der Waals surface area (Å²) in [5.41, 5.74) is -3.00. The molecular formula is C29H28O8. The number of aliphatic hydroxyl groups excluding tert-OH is 3. The fourth-order valence-corrected chi connectivity index (χ4v) is 6.71. The average Bonchev–Trinajstić information content (AvgIpc) is 2.81. The first kappa shape index (κ1) is 24.9. The van der Waals surface area contributed by atoms with Crippen LogP contribution in [0, 0.1) is 10.8 Å². The van der Waals surface area contributed by atoms with E-state index in [2.05, 4.69) is 0 Å². The molecule has 0 saturated heterocycles. The van der Waals surface area contributed by atoms with Gasteiger partial charge in [-0.25, -0.2) is 0 Å². The molecule has 0 aromatic heterocycles. The largest absolute Gasteiger partial charge is 0.508 e. The zero-order valence-corrected chi connectivity index (χ0v) is 20.8. The van der Waals surface area contributed by atoms with E-state index in [1.54, 1.807) is 25.1 Å². The predicted octanol–water partition coefficient (Wildman–Crippen LogP) is 3.47. The van der Waals surface area contributed by atoms with Gasteiger partial charge in [-0.15, -0.1) is 0 Å². The molecule has 1 fully saturated rings. The van der Waals surface area contributed by atoms with Gasteiger partial charge in [0.2, 0.25) is 5.78 Å². The zero-order valence-electron chi connectivity index (χ0n) is 20.8. The minimum absolute atomic E-state index is 0.0423. The monoisotopic (exact) mass is 504 g/mol. The molecule has 0 bridgehead atoms. The molecule has 0 unspecified atom stereocenters. The number of hydrogen-bond donors (Lipinski definition) is 5. The molecule has 3 aliphatic rings. The first-order valence-corrected chi connectivity index (χ1v) is 12.0. The Hall–Kier alpha value is -3.75. The molecule has 1 saturated carbocycles.